The van der Waals surface area contributed by atoms with Gasteiger partial charge in [-0.05, 0) is 29.6 Å². The van der Waals surface area contributed by atoms with Gasteiger partial charge in [0.05, 0.1) is 5.25 Å². The van der Waals surface area contributed by atoms with Gasteiger partial charge < -0.3 is 15.2 Å². The molecule has 3 nitrogen and oxygen atoms in total. The van der Waals surface area contributed by atoms with Gasteiger partial charge in [0.2, 0.25) is 0 Å². The van der Waals surface area contributed by atoms with Crippen molar-refractivity contribution in [3.05, 3.63) is 40.6 Å². The van der Waals surface area contributed by atoms with Gasteiger partial charge >= 0.3 is 0 Å². The summed E-state index contributed by atoms with van der Waals surface area (Å²) in [4.78, 5) is 2.47. The summed E-state index contributed by atoms with van der Waals surface area (Å²) in [6.07, 6.45) is 0. The van der Waals surface area contributed by atoms with E-state index in [2.05, 4.69) is 23.6 Å². The summed E-state index contributed by atoms with van der Waals surface area (Å²) in [6.45, 7) is 1.87. The largest absolute Gasteiger partial charge is 0.486 e. The van der Waals surface area contributed by atoms with E-state index >= 15 is 0 Å². The number of thiophene rings is 1. The highest BCUT2D eigenvalue weighted by Crippen LogP contribution is 2.40. The second-order valence-electron chi connectivity index (χ2n) is 4.16. The molecule has 5 heteroatoms. The molecule has 19 heavy (non-hydrogen) atoms. The van der Waals surface area contributed by atoms with Crippen LogP contribution in [0.3, 0.4) is 0 Å². The van der Waals surface area contributed by atoms with Crippen molar-refractivity contribution >= 4 is 23.1 Å². The van der Waals surface area contributed by atoms with Crippen LogP contribution in [0.1, 0.15) is 10.1 Å². The third kappa shape index (κ3) is 2.88. The number of ether oxygens (including phenoxy) is 2. The van der Waals surface area contributed by atoms with Gasteiger partial charge in [0.25, 0.3) is 0 Å². The van der Waals surface area contributed by atoms with E-state index in [-0.39, 0.29) is 0 Å². The summed E-state index contributed by atoms with van der Waals surface area (Å²) in [7, 11) is 0. The lowest BCUT2D eigenvalue weighted by molar-refractivity contribution is 0.171. The van der Waals surface area contributed by atoms with Gasteiger partial charge in [0, 0.05) is 16.3 Å². The zero-order valence-electron chi connectivity index (χ0n) is 10.4. The van der Waals surface area contributed by atoms with Crippen molar-refractivity contribution in [1.29, 1.82) is 0 Å². The number of hydrogen-bond donors (Lipinski definition) is 1. The molecule has 0 bridgehead atoms. The van der Waals surface area contributed by atoms with E-state index in [9.17, 15) is 0 Å². The molecular formula is C14H15NO2S2. The Balaban J connectivity index is 1.79. The van der Waals surface area contributed by atoms with Crippen molar-refractivity contribution in [2.45, 2.75) is 10.1 Å². The molecule has 2 heterocycles. The summed E-state index contributed by atoms with van der Waals surface area (Å²) in [5.74, 6) is 1.66. The Hall–Kier alpha value is -1.17. The van der Waals surface area contributed by atoms with Crippen molar-refractivity contribution in [2.75, 3.05) is 19.8 Å². The van der Waals surface area contributed by atoms with Crippen molar-refractivity contribution in [3.63, 3.8) is 0 Å². The van der Waals surface area contributed by atoms with Gasteiger partial charge in [-0.15, -0.1) is 23.1 Å². The molecule has 0 saturated carbocycles. The van der Waals surface area contributed by atoms with Gasteiger partial charge in [-0.2, -0.15) is 0 Å². The maximum atomic E-state index is 5.88. The molecule has 100 valence electrons. The molecule has 0 fully saturated rings. The Morgan fingerprint density at radius 1 is 1.21 bits per heavy atom. The standard InChI is InChI=1S/C14H15NO2S2/c15-9-14(13-2-1-7-18-13)19-10-3-4-11-12(8-10)17-6-5-16-11/h1-4,7-8,14H,5-6,9,15H2. The number of fused-ring (bicyclic) bond motifs is 1. The minimum atomic E-state index is 0.294. The van der Waals surface area contributed by atoms with Gasteiger partial charge in [-0.3, -0.25) is 0 Å². The van der Waals surface area contributed by atoms with Crippen LogP contribution in [0.5, 0.6) is 11.5 Å². The fourth-order valence-corrected chi connectivity index (χ4v) is 3.93. The predicted molar refractivity (Wildman–Crippen MR) is 79.4 cm³/mol. The number of benzene rings is 1. The van der Waals surface area contributed by atoms with E-state index in [1.807, 2.05) is 12.1 Å². The third-order valence-corrected chi connectivity index (χ3v) is 5.26. The first-order valence-corrected chi connectivity index (χ1v) is 7.92. The fourth-order valence-electron chi connectivity index (χ4n) is 1.96. The summed E-state index contributed by atoms with van der Waals surface area (Å²) < 4.78 is 11.1. The maximum absolute atomic E-state index is 5.88. The van der Waals surface area contributed by atoms with E-state index < -0.39 is 0 Å². The molecule has 0 aliphatic carbocycles. The minimum absolute atomic E-state index is 0.294. The normalized spacial score (nSPS) is 15.2. The predicted octanol–water partition coefficient (Wildman–Crippen LogP) is 3.31. The SMILES string of the molecule is NCC(Sc1ccc2c(c1)OCCO2)c1cccs1. The first-order chi connectivity index (χ1) is 9.36. The van der Waals surface area contributed by atoms with Gasteiger partial charge in [-0.1, -0.05) is 6.07 Å². The van der Waals surface area contributed by atoms with Crippen LogP contribution in [0.25, 0.3) is 0 Å². The molecule has 0 saturated heterocycles. The topological polar surface area (TPSA) is 44.5 Å². The van der Waals surface area contributed by atoms with Crippen LogP contribution in [-0.2, 0) is 0 Å². The molecule has 1 aliphatic heterocycles. The second kappa shape index (κ2) is 5.86. The minimum Gasteiger partial charge on any atom is -0.486 e. The molecule has 3 rings (SSSR count). The monoisotopic (exact) mass is 293 g/mol. The average molecular weight is 293 g/mol. The molecule has 2 aromatic rings. The highest BCUT2D eigenvalue weighted by molar-refractivity contribution is 7.99. The van der Waals surface area contributed by atoms with Crippen molar-refractivity contribution in [1.82, 2.24) is 0 Å². The second-order valence-corrected chi connectivity index (χ2v) is 6.42. The number of hydrogen-bond acceptors (Lipinski definition) is 5. The number of thioether (sulfide) groups is 1. The van der Waals surface area contributed by atoms with Crippen LogP contribution >= 0.6 is 23.1 Å². The molecular weight excluding hydrogens is 278 g/mol. The first-order valence-electron chi connectivity index (χ1n) is 6.16. The fraction of sp³-hybridized carbons (Fsp3) is 0.286. The molecule has 1 atom stereocenters. The van der Waals surface area contributed by atoms with Gasteiger partial charge in [0.1, 0.15) is 13.2 Å². The highest BCUT2D eigenvalue weighted by atomic mass is 32.2. The molecule has 1 aromatic heterocycles. The lowest BCUT2D eigenvalue weighted by Gasteiger charge is -2.19. The number of nitrogens with two attached hydrogens (primary N) is 1. The smallest absolute Gasteiger partial charge is 0.162 e. The zero-order chi connectivity index (χ0) is 13.1. The zero-order valence-corrected chi connectivity index (χ0v) is 12.0. The van der Waals surface area contributed by atoms with Crippen molar-refractivity contribution in [3.8, 4) is 11.5 Å². The first kappa shape index (κ1) is 12.8. The van der Waals surface area contributed by atoms with Crippen LogP contribution in [0.4, 0.5) is 0 Å². The van der Waals surface area contributed by atoms with Crippen LogP contribution < -0.4 is 15.2 Å². The maximum Gasteiger partial charge on any atom is 0.162 e. The lowest BCUT2D eigenvalue weighted by atomic mass is 10.3. The highest BCUT2D eigenvalue weighted by Gasteiger charge is 2.16. The van der Waals surface area contributed by atoms with Gasteiger partial charge in [-0.25, -0.2) is 0 Å². The Bertz CT molecular complexity index is 542. The lowest BCUT2D eigenvalue weighted by Crippen LogP contribution is -2.15. The Morgan fingerprint density at radius 3 is 2.79 bits per heavy atom. The van der Waals surface area contributed by atoms with Crippen LogP contribution in [0, 0.1) is 0 Å². The molecule has 0 amide bonds. The molecule has 0 spiro atoms. The summed E-state index contributed by atoms with van der Waals surface area (Å²) in [6, 6.07) is 10.3. The third-order valence-electron chi connectivity index (χ3n) is 2.87. The number of rotatable bonds is 4. The van der Waals surface area contributed by atoms with E-state index in [0.29, 0.717) is 25.0 Å². The van der Waals surface area contributed by atoms with E-state index in [1.165, 1.54) is 4.88 Å². The van der Waals surface area contributed by atoms with E-state index in [0.717, 1.165) is 16.4 Å². The van der Waals surface area contributed by atoms with Crippen molar-refractivity contribution in [2.24, 2.45) is 5.73 Å². The van der Waals surface area contributed by atoms with Crippen LogP contribution in [0.2, 0.25) is 0 Å². The quantitative estimate of drug-likeness (QED) is 0.878. The Labute approximate surface area is 120 Å². The van der Waals surface area contributed by atoms with Crippen LogP contribution in [-0.4, -0.2) is 19.8 Å². The van der Waals surface area contributed by atoms with Crippen molar-refractivity contribution < 1.29 is 9.47 Å². The van der Waals surface area contributed by atoms with Crippen LogP contribution in [0.15, 0.2) is 40.6 Å². The summed E-state index contributed by atoms with van der Waals surface area (Å²) >= 11 is 3.52. The molecule has 0 radical (unpaired) electrons. The molecule has 2 N–H and O–H groups in total. The summed E-state index contributed by atoms with van der Waals surface area (Å²) in [5, 5.41) is 2.38. The molecule has 1 aliphatic rings. The average Bonchev–Trinajstić information content (AvgIpc) is 2.98. The Kier molecular flexibility index (Phi) is 3.96. The van der Waals surface area contributed by atoms with E-state index in [4.69, 9.17) is 15.2 Å². The van der Waals surface area contributed by atoms with Gasteiger partial charge in [0.15, 0.2) is 11.5 Å². The van der Waals surface area contributed by atoms with E-state index in [1.54, 1.807) is 23.1 Å². The molecule has 1 aromatic carbocycles. The summed E-state index contributed by atoms with van der Waals surface area (Å²) in [5.41, 5.74) is 5.88. The Morgan fingerprint density at radius 2 is 2.05 bits per heavy atom. The molecule has 1 unspecified atom stereocenters.